The van der Waals surface area contributed by atoms with E-state index in [2.05, 4.69) is 4.98 Å². The fourth-order valence-electron chi connectivity index (χ4n) is 3.02. The highest BCUT2D eigenvalue weighted by Crippen LogP contribution is 2.43. The Morgan fingerprint density at radius 1 is 1.20 bits per heavy atom. The van der Waals surface area contributed by atoms with Crippen LogP contribution < -0.4 is 20.7 Å². The maximum atomic E-state index is 14.8. The van der Waals surface area contributed by atoms with E-state index in [1.165, 1.54) is 23.3 Å². The maximum absolute atomic E-state index is 14.8. The van der Waals surface area contributed by atoms with Gasteiger partial charge in [0.1, 0.15) is 17.1 Å². The number of hydrogen-bond acceptors (Lipinski definition) is 7. The minimum Gasteiger partial charge on any atom is -0.463 e. The number of rotatable bonds is 7. The molecule has 0 radical (unpaired) electrons. The highest BCUT2D eigenvalue weighted by atomic mass is 35.5. The van der Waals surface area contributed by atoms with Crippen LogP contribution in [0.3, 0.4) is 0 Å². The van der Waals surface area contributed by atoms with Gasteiger partial charge in [0.2, 0.25) is 0 Å². The molecular weight excluding hydrogens is 502 g/mol. The standard InChI is InChI=1S/C21H16ClF4N3O6/c1-3-33-13(30)9-34-19-12(5-4-8-27-19)35-11-7-6-10(23)14(16(11)22)17-15(21(24,25)26)18(31)28-20(32)29(17)2/h4-8H,3,9H2,1-2H3,(H,28,31,32). The van der Waals surface area contributed by atoms with Crippen molar-refractivity contribution in [2.45, 2.75) is 13.1 Å². The quantitative estimate of drug-likeness (QED) is 0.376. The Bertz CT molecular complexity index is 1390. The van der Waals surface area contributed by atoms with Gasteiger partial charge in [0.05, 0.1) is 22.9 Å². The monoisotopic (exact) mass is 517 g/mol. The van der Waals surface area contributed by atoms with Gasteiger partial charge >= 0.3 is 17.8 Å². The zero-order valence-corrected chi connectivity index (χ0v) is 18.8. The van der Waals surface area contributed by atoms with Crippen LogP contribution >= 0.6 is 11.6 Å². The molecule has 1 aromatic carbocycles. The number of ether oxygens (including phenoxy) is 3. The van der Waals surface area contributed by atoms with Gasteiger partial charge in [0.25, 0.3) is 11.4 Å². The molecule has 0 saturated heterocycles. The molecule has 0 bridgehead atoms. The molecule has 35 heavy (non-hydrogen) atoms. The molecule has 0 fully saturated rings. The molecular formula is C21H16ClF4N3O6. The topological polar surface area (TPSA) is 113 Å². The molecule has 0 aliphatic heterocycles. The van der Waals surface area contributed by atoms with E-state index >= 15 is 0 Å². The van der Waals surface area contributed by atoms with Crippen molar-refractivity contribution in [3.8, 4) is 28.6 Å². The van der Waals surface area contributed by atoms with Crippen molar-refractivity contribution in [3.63, 3.8) is 0 Å². The number of pyridine rings is 1. The van der Waals surface area contributed by atoms with Crippen LogP contribution in [0.25, 0.3) is 11.3 Å². The van der Waals surface area contributed by atoms with E-state index in [1.807, 2.05) is 0 Å². The summed E-state index contributed by atoms with van der Waals surface area (Å²) in [5, 5.41) is -0.670. The predicted molar refractivity (Wildman–Crippen MR) is 114 cm³/mol. The minimum atomic E-state index is -5.25. The van der Waals surface area contributed by atoms with Gasteiger partial charge in [0.15, 0.2) is 12.4 Å². The van der Waals surface area contributed by atoms with Crippen LogP contribution in [-0.4, -0.2) is 33.7 Å². The number of esters is 1. The molecule has 14 heteroatoms. The average Bonchev–Trinajstić information content (AvgIpc) is 2.77. The zero-order chi connectivity index (χ0) is 25.9. The number of aromatic nitrogens is 3. The average molecular weight is 518 g/mol. The first-order chi connectivity index (χ1) is 16.5. The van der Waals surface area contributed by atoms with Gasteiger partial charge in [0, 0.05) is 13.2 Å². The molecule has 0 saturated carbocycles. The van der Waals surface area contributed by atoms with Gasteiger partial charge in [-0.25, -0.2) is 19.0 Å². The number of nitrogens with zero attached hydrogens (tertiary/aromatic N) is 2. The SMILES string of the molecule is CCOC(=O)COc1ncccc1Oc1ccc(F)c(-c2c(C(F)(F)F)c(=O)[nH]c(=O)n2C)c1Cl. The summed E-state index contributed by atoms with van der Waals surface area (Å²) in [6.07, 6.45) is -3.94. The van der Waals surface area contributed by atoms with Crippen molar-refractivity contribution in [1.82, 2.24) is 14.5 Å². The number of halogens is 5. The van der Waals surface area contributed by atoms with E-state index < -0.39 is 57.7 Å². The summed E-state index contributed by atoms with van der Waals surface area (Å²) in [7, 11) is 0.911. The molecule has 0 aliphatic carbocycles. The van der Waals surface area contributed by atoms with Crippen LogP contribution in [0.15, 0.2) is 40.1 Å². The van der Waals surface area contributed by atoms with E-state index in [1.54, 1.807) is 6.92 Å². The molecule has 186 valence electrons. The molecule has 0 amide bonds. The molecule has 0 spiro atoms. The van der Waals surface area contributed by atoms with Crippen molar-refractivity contribution < 1.29 is 36.6 Å². The van der Waals surface area contributed by atoms with Gasteiger partial charge in [-0.1, -0.05) is 11.6 Å². The second-order valence-corrected chi connectivity index (χ2v) is 7.15. The Hall–Kier alpha value is -3.87. The number of hydrogen-bond donors (Lipinski definition) is 1. The molecule has 0 aliphatic rings. The van der Waals surface area contributed by atoms with Crippen molar-refractivity contribution in [2.24, 2.45) is 7.05 Å². The van der Waals surface area contributed by atoms with Gasteiger partial charge < -0.3 is 14.2 Å². The van der Waals surface area contributed by atoms with Crippen molar-refractivity contribution >= 4 is 17.6 Å². The van der Waals surface area contributed by atoms with Crippen molar-refractivity contribution in [2.75, 3.05) is 13.2 Å². The number of benzene rings is 1. The molecule has 1 N–H and O–H groups in total. The minimum absolute atomic E-state index is 0.118. The highest BCUT2D eigenvalue weighted by molar-refractivity contribution is 6.34. The Balaban J connectivity index is 2.12. The Kier molecular flexibility index (Phi) is 7.48. The first-order valence-corrected chi connectivity index (χ1v) is 10.1. The summed E-state index contributed by atoms with van der Waals surface area (Å²) in [5.74, 6) is -2.61. The number of carbonyl (C=O) groups is 1. The predicted octanol–water partition coefficient (Wildman–Crippen LogP) is 3.68. The van der Waals surface area contributed by atoms with Crippen LogP contribution in [-0.2, 0) is 22.8 Å². The lowest BCUT2D eigenvalue weighted by atomic mass is 10.0. The fourth-order valence-corrected chi connectivity index (χ4v) is 3.30. The third kappa shape index (κ3) is 5.45. The Morgan fingerprint density at radius 2 is 1.91 bits per heavy atom. The van der Waals surface area contributed by atoms with E-state index in [0.29, 0.717) is 4.57 Å². The lowest BCUT2D eigenvalue weighted by Gasteiger charge is -2.18. The van der Waals surface area contributed by atoms with Crippen LogP contribution in [0, 0.1) is 5.82 Å². The number of carbonyl (C=O) groups excluding carboxylic acids is 1. The summed E-state index contributed by atoms with van der Waals surface area (Å²) in [6.45, 7) is 1.20. The van der Waals surface area contributed by atoms with Crippen molar-refractivity contribution in [3.05, 3.63) is 67.7 Å². The summed E-state index contributed by atoms with van der Waals surface area (Å²) in [4.78, 5) is 41.0. The van der Waals surface area contributed by atoms with E-state index in [9.17, 15) is 31.9 Å². The summed E-state index contributed by atoms with van der Waals surface area (Å²) in [6, 6.07) is 4.53. The molecule has 2 aromatic heterocycles. The first-order valence-electron chi connectivity index (χ1n) is 9.75. The number of H-pyrrole nitrogens is 1. The van der Waals surface area contributed by atoms with Gasteiger partial charge in [-0.15, -0.1) is 0 Å². The lowest BCUT2D eigenvalue weighted by molar-refractivity contribution is -0.145. The molecule has 9 nitrogen and oxygen atoms in total. The molecule has 3 rings (SSSR count). The summed E-state index contributed by atoms with van der Waals surface area (Å²) < 4.78 is 71.8. The zero-order valence-electron chi connectivity index (χ0n) is 18.0. The van der Waals surface area contributed by atoms with Crippen LogP contribution in [0.1, 0.15) is 12.5 Å². The third-order valence-corrected chi connectivity index (χ3v) is 4.86. The first kappa shape index (κ1) is 25.7. The van der Waals surface area contributed by atoms with Gasteiger partial charge in [-0.3, -0.25) is 14.3 Å². The lowest BCUT2D eigenvalue weighted by Crippen LogP contribution is -2.35. The molecule has 0 unspecified atom stereocenters. The van der Waals surface area contributed by atoms with Crippen LogP contribution in [0.4, 0.5) is 17.6 Å². The number of nitrogens with one attached hydrogen (secondary N) is 1. The van der Waals surface area contributed by atoms with E-state index in [-0.39, 0.29) is 24.0 Å². The second-order valence-electron chi connectivity index (χ2n) is 6.78. The smallest absolute Gasteiger partial charge is 0.423 e. The Labute approximate surface area is 198 Å². The van der Waals surface area contributed by atoms with Gasteiger partial charge in [-0.2, -0.15) is 13.2 Å². The maximum Gasteiger partial charge on any atom is 0.423 e. The highest BCUT2D eigenvalue weighted by Gasteiger charge is 2.40. The Morgan fingerprint density at radius 3 is 2.57 bits per heavy atom. The van der Waals surface area contributed by atoms with Gasteiger partial charge in [-0.05, 0) is 31.2 Å². The van der Waals surface area contributed by atoms with E-state index in [4.69, 9.17) is 25.8 Å². The molecule has 3 aromatic rings. The summed E-state index contributed by atoms with van der Waals surface area (Å²) >= 11 is 6.22. The third-order valence-electron chi connectivity index (χ3n) is 4.49. The summed E-state index contributed by atoms with van der Waals surface area (Å²) in [5.41, 5.74) is -6.79. The number of aromatic amines is 1. The molecule has 2 heterocycles. The normalized spacial score (nSPS) is 11.3. The van der Waals surface area contributed by atoms with E-state index in [0.717, 1.165) is 19.2 Å². The fraction of sp³-hybridized carbons (Fsp3) is 0.238. The largest absolute Gasteiger partial charge is 0.463 e. The van der Waals surface area contributed by atoms with Crippen molar-refractivity contribution in [1.29, 1.82) is 0 Å². The van der Waals surface area contributed by atoms with Crippen LogP contribution in [0.2, 0.25) is 5.02 Å². The molecule has 0 atom stereocenters. The second kappa shape index (κ2) is 10.2. The number of alkyl halides is 3. The van der Waals surface area contributed by atoms with Crippen LogP contribution in [0.5, 0.6) is 17.4 Å².